The van der Waals surface area contributed by atoms with Crippen molar-refractivity contribution in [2.24, 2.45) is 5.92 Å². The van der Waals surface area contributed by atoms with Gasteiger partial charge in [0.1, 0.15) is 0 Å². The number of benzene rings is 1. The van der Waals surface area contributed by atoms with Crippen LogP contribution in [0.2, 0.25) is 0 Å². The van der Waals surface area contributed by atoms with E-state index in [0.29, 0.717) is 12.5 Å². The zero-order valence-corrected chi connectivity index (χ0v) is 12.5. The summed E-state index contributed by atoms with van der Waals surface area (Å²) >= 11 is 0. The third kappa shape index (κ3) is 4.59. The Morgan fingerprint density at radius 1 is 1.22 bits per heavy atom. The number of hydrogen-bond acceptors (Lipinski definition) is 3. The van der Waals surface area contributed by atoms with Crippen molar-refractivity contribution >= 4 is 19.7 Å². The van der Waals surface area contributed by atoms with Crippen LogP contribution in [0.1, 0.15) is 38.9 Å². The predicted octanol–water partition coefficient (Wildman–Crippen LogP) is 3.74. The van der Waals surface area contributed by atoms with Crippen molar-refractivity contribution in [1.29, 1.82) is 0 Å². The average Bonchev–Trinajstić information content (AvgIpc) is 2.29. The smallest absolute Gasteiger partial charge is 0.261 e. The van der Waals surface area contributed by atoms with E-state index in [-0.39, 0.29) is 11.0 Å². The van der Waals surface area contributed by atoms with Crippen molar-refractivity contribution in [3.8, 4) is 0 Å². The van der Waals surface area contributed by atoms with Crippen molar-refractivity contribution in [3.63, 3.8) is 0 Å². The van der Waals surface area contributed by atoms with Gasteiger partial charge in [0.15, 0.2) is 0 Å². The Morgan fingerprint density at radius 2 is 1.78 bits per heavy atom. The molecule has 0 radical (unpaired) electrons. The molecule has 1 rings (SSSR count). The van der Waals surface area contributed by atoms with Crippen LogP contribution in [-0.4, -0.2) is 15.0 Å². The lowest BCUT2D eigenvalue weighted by Gasteiger charge is -2.18. The van der Waals surface area contributed by atoms with Crippen molar-refractivity contribution in [2.45, 2.75) is 38.2 Å². The van der Waals surface area contributed by atoms with Crippen LogP contribution >= 0.6 is 10.7 Å². The molecular formula is C13H19ClO3S. The molecule has 0 aliphatic rings. The summed E-state index contributed by atoms with van der Waals surface area (Å²) in [7, 11) is 1.62. The molecule has 0 amide bonds. The largest absolute Gasteiger partial charge is 0.373 e. The second-order valence-electron chi connectivity index (χ2n) is 4.63. The summed E-state index contributed by atoms with van der Waals surface area (Å²) in [5.41, 5.74) is 0.974. The average molecular weight is 291 g/mol. The third-order valence-corrected chi connectivity index (χ3v) is 3.90. The van der Waals surface area contributed by atoms with Crippen molar-refractivity contribution in [3.05, 3.63) is 29.8 Å². The maximum atomic E-state index is 11.1. The Bertz CT molecular complexity index is 466. The molecule has 0 aliphatic heterocycles. The predicted molar refractivity (Wildman–Crippen MR) is 73.3 cm³/mol. The van der Waals surface area contributed by atoms with Gasteiger partial charge < -0.3 is 4.74 Å². The van der Waals surface area contributed by atoms with Gasteiger partial charge in [0.05, 0.1) is 11.0 Å². The molecule has 0 aromatic heterocycles. The van der Waals surface area contributed by atoms with Gasteiger partial charge in [-0.2, -0.15) is 0 Å². The first kappa shape index (κ1) is 15.5. The summed E-state index contributed by atoms with van der Waals surface area (Å²) in [4.78, 5) is 0.117. The monoisotopic (exact) mass is 290 g/mol. The molecule has 18 heavy (non-hydrogen) atoms. The molecule has 0 unspecified atom stereocenters. The molecule has 1 aromatic carbocycles. The number of ether oxygens (including phenoxy) is 1. The summed E-state index contributed by atoms with van der Waals surface area (Å²) in [6.45, 7) is 6.91. The van der Waals surface area contributed by atoms with Gasteiger partial charge in [0.25, 0.3) is 9.05 Å². The lowest BCUT2D eigenvalue weighted by Crippen LogP contribution is -2.08. The molecular weight excluding hydrogens is 272 g/mol. The fraction of sp³-hybridized carbons (Fsp3) is 0.538. The van der Waals surface area contributed by atoms with E-state index in [4.69, 9.17) is 15.4 Å². The molecule has 0 spiro atoms. The minimum atomic E-state index is -3.65. The fourth-order valence-corrected chi connectivity index (χ4v) is 2.37. The van der Waals surface area contributed by atoms with E-state index in [9.17, 15) is 8.42 Å². The van der Waals surface area contributed by atoms with E-state index < -0.39 is 9.05 Å². The zero-order chi connectivity index (χ0) is 13.8. The molecule has 0 aliphatic carbocycles. The van der Waals surface area contributed by atoms with E-state index in [0.717, 1.165) is 12.0 Å². The second kappa shape index (κ2) is 6.55. The Hall–Kier alpha value is -0.580. The van der Waals surface area contributed by atoms with Gasteiger partial charge in [-0.05, 0) is 30.0 Å². The molecule has 0 saturated heterocycles. The highest BCUT2D eigenvalue weighted by atomic mass is 35.7. The van der Waals surface area contributed by atoms with Gasteiger partial charge >= 0.3 is 0 Å². The van der Waals surface area contributed by atoms with Crippen molar-refractivity contribution in [1.82, 2.24) is 0 Å². The molecule has 0 fully saturated rings. The van der Waals surface area contributed by atoms with Crippen molar-refractivity contribution < 1.29 is 13.2 Å². The van der Waals surface area contributed by atoms with E-state index in [1.54, 1.807) is 12.1 Å². The van der Waals surface area contributed by atoms with Gasteiger partial charge in [-0.1, -0.05) is 32.9 Å². The van der Waals surface area contributed by atoms with Gasteiger partial charge in [0, 0.05) is 17.3 Å². The van der Waals surface area contributed by atoms with E-state index in [1.165, 1.54) is 12.1 Å². The molecule has 0 heterocycles. The van der Waals surface area contributed by atoms with Gasteiger partial charge in [-0.25, -0.2) is 8.42 Å². The first-order valence-corrected chi connectivity index (χ1v) is 8.31. The standard InChI is InChI=1S/C13H19ClO3S/c1-4-13(17-9-10(2)3)11-5-7-12(8-6-11)18(14,15)16/h5-8,10,13H,4,9H2,1-3H3/t13-/m0/s1. The van der Waals surface area contributed by atoms with Crippen LogP contribution in [0.3, 0.4) is 0 Å². The molecule has 1 aromatic rings. The van der Waals surface area contributed by atoms with Crippen LogP contribution < -0.4 is 0 Å². The highest BCUT2D eigenvalue weighted by Gasteiger charge is 2.13. The summed E-state index contributed by atoms with van der Waals surface area (Å²) in [6, 6.07) is 6.53. The van der Waals surface area contributed by atoms with Crippen LogP contribution in [0.4, 0.5) is 0 Å². The Balaban J connectivity index is 2.82. The summed E-state index contributed by atoms with van der Waals surface area (Å²) in [5.74, 6) is 0.474. The lowest BCUT2D eigenvalue weighted by atomic mass is 10.1. The van der Waals surface area contributed by atoms with Crippen molar-refractivity contribution in [2.75, 3.05) is 6.61 Å². The summed E-state index contributed by atoms with van der Waals surface area (Å²) < 4.78 is 28.0. The van der Waals surface area contributed by atoms with E-state index in [1.807, 2.05) is 6.92 Å². The lowest BCUT2D eigenvalue weighted by molar-refractivity contribution is 0.0326. The fourth-order valence-electron chi connectivity index (χ4n) is 1.60. The molecule has 3 nitrogen and oxygen atoms in total. The quantitative estimate of drug-likeness (QED) is 0.750. The maximum absolute atomic E-state index is 11.1. The minimum absolute atomic E-state index is 0.000482. The Labute approximate surface area is 114 Å². The number of rotatable bonds is 6. The minimum Gasteiger partial charge on any atom is -0.373 e. The first-order chi connectivity index (χ1) is 8.34. The number of hydrogen-bond donors (Lipinski definition) is 0. The molecule has 0 N–H and O–H groups in total. The Kier molecular flexibility index (Phi) is 5.63. The number of halogens is 1. The summed E-state index contributed by atoms with van der Waals surface area (Å²) in [6.07, 6.45) is 0.846. The Morgan fingerprint density at radius 3 is 2.17 bits per heavy atom. The van der Waals surface area contributed by atoms with Crippen LogP contribution in [0.5, 0.6) is 0 Å². The van der Waals surface area contributed by atoms with Crippen LogP contribution in [0.25, 0.3) is 0 Å². The molecule has 0 saturated carbocycles. The summed E-state index contributed by atoms with van der Waals surface area (Å²) in [5, 5.41) is 0. The topological polar surface area (TPSA) is 43.4 Å². The highest BCUT2D eigenvalue weighted by Crippen LogP contribution is 2.24. The van der Waals surface area contributed by atoms with Gasteiger partial charge in [-0.15, -0.1) is 0 Å². The highest BCUT2D eigenvalue weighted by molar-refractivity contribution is 8.13. The van der Waals surface area contributed by atoms with Gasteiger partial charge in [0.2, 0.25) is 0 Å². The first-order valence-electron chi connectivity index (χ1n) is 6.00. The molecule has 5 heteroatoms. The van der Waals surface area contributed by atoms with Crippen LogP contribution in [0, 0.1) is 5.92 Å². The zero-order valence-electron chi connectivity index (χ0n) is 10.9. The maximum Gasteiger partial charge on any atom is 0.261 e. The molecule has 102 valence electrons. The van der Waals surface area contributed by atoms with E-state index >= 15 is 0 Å². The van der Waals surface area contributed by atoms with Crippen LogP contribution in [0.15, 0.2) is 29.2 Å². The second-order valence-corrected chi connectivity index (χ2v) is 7.20. The van der Waals surface area contributed by atoms with Crippen LogP contribution in [-0.2, 0) is 13.8 Å². The SMILES string of the molecule is CC[C@H](OCC(C)C)c1ccc(S(=O)(=O)Cl)cc1. The normalized spacial score (nSPS) is 13.8. The third-order valence-electron chi connectivity index (χ3n) is 2.53. The van der Waals surface area contributed by atoms with Gasteiger partial charge in [-0.3, -0.25) is 0 Å². The molecule has 0 bridgehead atoms. The molecule has 1 atom stereocenters. The van der Waals surface area contributed by atoms with E-state index in [2.05, 4.69) is 13.8 Å².